The molecule has 0 aromatic carbocycles. The quantitative estimate of drug-likeness (QED) is 0.607. The van der Waals surface area contributed by atoms with E-state index in [1.165, 1.54) is 4.90 Å². The molecule has 0 rings (SSSR count). The minimum atomic E-state index is -0.627. The standard InChI is InChI=1S/C10H14N2O/c1-4-7-9(11)10(13)12(6-3)8-5-2/h1-2,9H,6-8,11H2,3H3. The van der Waals surface area contributed by atoms with Crippen molar-refractivity contribution in [2.24, 2.45) is 5.73 Å². The number of rotatable bonds is 4. The van der Waals surface area contributed by atoms with Crippen LogP contribution < -0.4 is 5.73 Å². The highest BCUT2D eigenvalue weighted by atomic mass is 16.2. The maximum absolute atomic E-state index is 11.5. The number of nitrogens with zero attached hydrogens (tertiary/aromatic N) is 1. The van der Waals surface area contributed by atoms with Gasteiger partial charge in [-0.15, -0.1) is 18.8 Å². The molecule has 0 aliphatic heterocycles. The number of carbonyl (C=O) groups excluding carboxylic acids is 1. The van der Waals surface area contributed by atoms with E-state index in [4.69, 9.17) is 18.6 Å². The van der Waals surface area contributed by atoms with Crippen molar-refractivity contribution in [1.29, 1.82) is 0 Å². The van der Waals surface area contributed by atoms with Crippen molar-refractivity contribution < 1.29 is 4.79 Å². The van der Waals surface area contributed by atoms with E-state index in [1.807, 2.05) is 6.92 Å². The fraction of sp³-hybridized carbons (Fsp3) is 0.500. The summed E-state index contributed by atoms with van der Waals surface area (Å²) >= 11 is 0. The molecule has 0 aliphatic rings. The third-order valence-electron chi connectivity index (χ3n) is 1.63. The molecule has 1 atom stereocenters. The Balaban J connectivity index is 4.22. The fourth-order valence-electron chi connectivity index (χ4n) is 0.905. The van der Waals surface area contributed by atoms with Gasteiger partial charge in [-0.2, -0.15) is 0 Å². The first-order valence-electron chi connectivity index (χ1n) is 4.08. The van der Waals surface area contributed by atoms with E-state index >= 15 is 0 Å². The van der Waals surface area contributed by atoms with E-state index in [0.29, 0.717) is 6.54 Å². The molecular weight excluding hydrogens is 164 g/mol. The first-order valence-corrected chi connectivity index (χ1v) is 4.08. The Morgan fingerprint density at radius 3 is 2.54 bits per heavy atom. The average molecular weight is 178 g/mol. The maximum atomic E-state index is 11.5. The van der Waals surface area contributed by atoms with Crippen molar-refractivity contribution in [3.63, 3.8) is 0 Å². The molecule has 0 fully saturated rings. The van der Waals surface area contributed by atoms with Crippen LogP contribution in [0.15, 0.2) is 0 Å². The number of hydrogen-bond acceptors (Lipinski definition) is 2. The van der Waals surface area contributed by atoms with Crippen LogP contribution in [-0.4, -0.2) is 29.9 Å². The van der Waals surface area contributed by atoms with Crippen molar-refractivity contribution in [3.8, 4) is 24.7 Å². The predicted octanol–water partition coefficient (Wildman–Crippen LogP) is -0.181. The number of hydrogen-bond donors (Lipinski definition) is 1. The predicted molar refractivity (Wildman–Crippen MR) is 52.5 cm³/mol. The van der Waals surface area contributed by atoms with Crippen molar-refractivity contribution in [1.82, 2.24) is 4.90 Å². The lowest BCUT2D eigenvalue weighted by Crippen LogP contribution is -2.43. The molecule has 0 aromatic heterocycles. The molecule has 2 N–H and O–H groups in total. The zero-order valence-corrected chi connectivity index (χ0v) is 7.79. The monoisotopic (exact) mass is 178 g/mol. The average Bonchev–Trinajstić information content (AvgIpc) is 2.13. The van der Waals surface area contributed by atoms with Crippen LogP contribution in [0, 0.1) is 24.7 Å². The SMILES string of the molecule is C#CCC(N)C(=O)N(CC)CC#C. The van der Waals surface area contributed by atoms with E-state index in [1.54, 1.807) is 0 Å². The van der Waals surface area contributed by atoms with Crippen LogP contribution in [0.5, 0.6) is 0 Å². The third-order valence-corrected chi connectivity index (χ3v) is 1.63. The van der Waals surface area contributed by atoms with Crippen molar-refractivity contribution >= 4 is 5.91 Å². The topological polar surface area (TPSA) is 46.3 Å². The van der Waals surface area contributed by atoms with Crippen LogP contribution in [0.2, 0.25) is 0 Å². The number of likely N-dealkylation sites (N-methyl/N-ethyl adjacent to an activating group) is 1. The summed E-state index contributed by atoms with van der Waals surface area (Å²) in [7, 11) is 0. The van der Waals surface area contributed by atoms with Gasteiger partial charge in [0.25, 0.3) is 0 Å². The summed E-state index contributed by atoms with van der Waals surface area (Å²) in [5.74, 6) is 4.56. The minimum Gasteiger partial charge on any atom is -0.330 e. The fourth-order valence-corrected chi connectivity index (χ4v) is 0.905. The van der Waals surface area contributed by atoms with Crippen LogP contribution in [-0.2, 0) is 4.79 Å². The van der Waals surface area contributed by atoms with E-state index in [0.717, 1.165) is 0 Å². The maximum Gasteiger partial charge on any atom is 0.241 e. The minimum absolute atomic E-state index is 0.182. The molecule has 1 amide bonds. The Hall–Kier alpha value is -1.45. The summed E-state index contributed by atoms with van der Waals surface area (Å²) in [6.45, 7) is 2.69. The summed E-state index contributed by atoms with van der Waals surface area (Å²) in [5, 5.41) is 0. The lowest BCUT2D eigenvalue weighted by molar-refractivity contribution is -0.131. The lowest BCUT2D eigenvalue weighted by atomic mass is 10.2. The molecule has 0 saturated carbocycles. The zero-order chi connectivity index (χ0) is 10.3. The second-order valence-corrected chi connectivity index (χ2v) is 2.57. The van der Waals surface area contributed by atoms with E-state index in [9.17, 15) is 4.79 Å². The molecule has 0 bridgehead atoms. The normalized spacial score (nSPS) is 11.1. The number of terminal acetylenes is 2. The van der Waals surface area contributed by atoms with Gasteiger partial charge < -0.3 is 10.6 Å². The third kappa shape index (κ3) is 3.64. The summed E-state index contributed by atoms with van der Waals surface area (Å²) in [5.41, 5.74) is 5.53. The van der Waals surface area contributed by atoms with Gasteiger partial charge in [0.15, 0.2) is 0 Å². The van der Waals surface area contributed by atoms with Crippen molar-refractivity contribution in [3.05, 3.63) is 0 Å². The highest BCUT2D eigenvalue weighted by Crippen LogP contribution is 1.95. The van der Waals surface area contributed by atoms with Gasteiger partial charge in [0.05, 0.1) is 12.6 Å². The van der Waals surface area contributed by atoms with Crippen molar-refractivity contribution in [2.75, 3.05) is 13.1 Å². The summed E-state index contributed by atoms with van der Waals surface area (Å²) in [4.78, 5) is 13.0. The molecule has 13 heavy (non-hydrogen) atoms. The number of carbonyl (C=O) groups is 1. The van der Waals surface area contributed by atoms with E-state index in [2.05, 4.69) is 11.8 Å². The molecule has 0 heterocycles. The van der Waals surface area contributed by atoms with Gasteiger partial charge in [-0.25, -0.2) is 0 Å². The van der Waals surface area contributed by atoms with Gasteiger partial charge in [-0.05, 0) is 6.92 Å². The zero-order valence-electron chi connectivity index (χ0n) is 7.79. The number of nitrogens with two attached hydrogens (primary N) is 1. The molecule has 3 heteroatoms. The van der Waals surface area contributed by atoms with Crippen LogP contribution >= 0.6 is 0 Å². The highest BCUT2D eigenvalue weighted by Gasteiger charge is 2.17. The Labute approximate surface area is 79.3 Å². The molecule has 0 aromatic rings. The van der Waals surface area contributed by atoms with Crippen LogP contribution in [0.4, 0.5) is 0 Å². The number of amides is 1. The first-order chi connectivity index (χ1) is 6.17. The van der Waals surface area contributed by atoms with Gasteiger partial charge in [-0.3, -0.25) is 4.79 Å². The first kappa shape index (κ1) is 11.6. The summed E-state index contributed by atoms with van der Waals surface area (Å²) in [6.07, 6.45) is 10.4. The molecule has 70 valence electrons. The largest absolute Gasteiger partial charge is 0.330 e. The Kier molecular flexibility index (Phi) is 5.43. The van der Waals surface area contributed by atoms with E-state index in [-0.39, 0.29) is 18.9 Å². The molecule has 1 unspecified atom stereocenters. The van der Waals surface area contributed by atoms with Crippen molar-refractivity contribution in [2.45, 2.75) is 19.4 Å². The molecule has 0 saturated heterocycles. The van der Waals surface area contributed by atoms with Crippen LogP contribution in [0.3, 0.4) is 0 Å². The molecule has 0 radical (unpaired) electrons. The summed E-state index contributed by atoms with van der Waals surface area (Å²) in [6, 6.07) is -0.627. The Morgan fingerprint density at radius 1 is 1.54 bits per heavy atom. The molecule has 0 spiro atoms. The Bertz CT molecular complexity index is 247. The van der Waals surface area contributed by atoms with Gasteiger partial charge in [0, 0.05) is 13.0 Å². The molecular formula is C10H14N2O. The lowest BCUT2D eigenvalue weighted by Gasteiger charge is -2.20. The second-order valence-electron chi connectivity index (χ2n) is 2.57. The van der Waals surface area contributed by atoms with Gasteiger partial charge in [-0.1, -0.05) is 5.92 Å². The van der Waals surface area contributed by atoms with Crippen LogP contribution in [0.1, 0.15) is 13.3 Å². The van der Waals surface area contributed by atoms with Gasteiger partial charge in [0.2, 0.25) is 5.91 Å². The van der Waals surface area contributed by atoms with E-state index < -0.39 is 6.04 Å². The van der Waals surface area contributed by atoms with Crippen LogP contribution in [0.25, 0.3) is 0 Å². The summed E-state index contributed by atoms with van der Waals surface area (Å²) < 4.78 is 0. The van der Waals surface area contributed by atoms with Gasteiger partial charge in [0.1, 0.15) is 0 Å². The molecule has 0 aliphatic carbocycles. The van der Waals surface area contributed by atoms with Gasteiger partial charge >= 0.3 is 0 Å². The smallest absolute Gasteiger partial charge is 0.241 e. The molecule has 3 nitrogen and oxygen atoms in total. The second kappa shape index (κ2) is 6.11. The Morgan fingerprint density at radius 2 is 2.15 bits per heavy atom. The highest BCUT2D eigenvalue weighted by molar-refractivity contribution is 5.82.